The number of nitrogens with one attached hydrogen (secondary N) is 1. The molecule has 10 heteroatoms. The maximum atomic E-state index is 14.5. The molecule has 4 aromatic carbocycles. The number of para-hydroxylation sites is 2. The number of rotatable bonds is 14. The van der Waals surface area contributed by atoms with Gasteiger partial charge in [-0.25, -0.2) is 8.42 Å². The highest BCUT2D eigenvalue weighted by Crippen LogP contribution is 2.33. The molecule has 0 fully saturated rings. The van der Waals surface area contributed by atoms with Crippen molar-refractivity contribution in [2.24, 2.45) is 0 Å². The van der Waals surface area contributed by atoms with Crippen molar-refractivity contribution in [2.75, 3.05) is 24.0 Å². The van der Waals surface area contributed by atoms with Gasteiger partial charge in [-0.2, -0.15) is 0 Å². The first-order valence-electron chi connectivity index (χ1n) is 14.4. The molecular weight excluding hydrogens is 642 g/mol. The first kappa shape index (κ1) is 32.8. The van der Waals surface area contributed by atoms with Crippen LogP contribution in [0.4, 0.5) is 5.69 Å². The van der Waals surface area contributed by atoms with Crippen molar-refractivity contribution in [3.63, 3.8) is 0 Å². The number of sulfonamides is 1. The molecule has 8 nitrogen and oxygen atoms in total. The lowest BCUT2D eigenvalue weighted by Gasteiger charge is -2.34. The number of halogens is 1. The second-order valence-electron chi connectivity index (χ2n) is 9.97. The predicted molar refractivity (Wildman–Crippen MR) is 176 cm³/mol. The van der Waals surface area contributed by atoms with Gasteiger partial charge in [0.25, 0.3) is 10.0 Å². The van der Waals surface area contributed by atoms with Crippen molar-refractivity contribution in [3.05, 3.63) is 125 Å². The highest BCUT2D eigenvalue weighted by Gasteiger charge is 2.35. The Kier molecular flexibility index (Phi) is 11.6. The van der Waals surface area contributed by atoms with Crippen LogP contribution < -0.4 is 14.4 Å². The second kappa shape index (κ2) is 15.5. The monoisotopic (exact) mass is 677 g/mol. The Bertz CT molecular complexity index is 1630. The Morgan fingerprint density at radius 2 is 1.43 bits per heavy atom. The zero-order valence-corrected chi connectivity index (χ0v) is 27.1. The Hall–Kier alpha value is -4.15. The van der Waals surface area contributed by atoms with E-state index in [0.717, 1.165) is 19.9 Å². The molecule has 0 aliphatic heterocycles. The molecule has 1 unspecified atom stereocenters. The summed E-state index contributed by atoms with van der Waals surface area (Å²) in [6, 6.07) is 30.7. The SMILES string of the molecule is CCNC(=O)C(Cc1ccccc1)N(Cc1ccc(Br)cc1)C(=O)CN(c1ccccc1OCC)S(=O)(=O)c1ccccc1. The number of benzene rings is 4. The molecule has 0 heterocycles. The van der Waals surface area contributed by atoms with Crippen LogP contribution >= 0.6 is 15.9 Å². The van der Waals surface area contributed by atoms with E-state index in [0.29, 0.717) is 18.9 Å². The molecule has 0 spiro atoms. The van der Waals surface area contributed by atoms with Crippen molar-refractivity contribution in [2.45, 2.75) is 37.8 Å². The van der Waals surface area contributed by atoms with E-state index < -0.39 is 28.5 Å². The summed E-state index contributed by atoms with van der Waals surface area (Å²) < 4.78 is 36.0. The molecule has 4 aromatic rings. The number of anilines is 1. The third-order valence-electron chi connectivity index (χ3n) is 6.93. The summed E-state index contributed by atoms with van der Waals surface area (Å²) in [6.07, 6.45) is 0.246. The third-order valence-corrected chi connectivity index (χ3v) is 9.23. The van der Waals surface area contributed by atoms with Crippen molar-refractivity contribution in [1.29, 1.82) is 0 Å². The van der Waals surface area contributed by atoms with Crippen molar-refractivity contribution < 1.29 is 22.7 Å². The van der Waals surface area contributed by atoms with E-state index >= 15 is 0 Å². The maximum Gasteiger partial charge on any atom is 0.264 e. The van der Waals surface area contributed by atoms with Gasteiger partial charge in [-0.15, -0.1) is 0 Å². The average Bonchev–Trinajstić information content (AvgIpc) is 3.04. The Morgan fingerprint density at radius 1 is 0.818 bits per heavy atom. The smallest absolute Gasteiger partial charge is 0.264 e. The van der Waals surface area contributed by atoms with Gasteiger partial charge < -0.3 is 15.0 Å². The molecule has 0 radical (unpaired) electrons. The van der Waals surface area contributed by atoms with Gasteiger partial charge in [0.2, 0.25) is 11.8 Å². The number of hydrogen-bond acceptors (Lipinski definition) is 5. The van der Waals surface area contributed by atoms with E-state index in [-0.39, 0.29) is 29.5 Å². The molecule has 0 saturated heterocycles. The average molecular weight is 679 g/mol. The Balaban J connectivity index is 1.82. The number of nitrogens with zero attached hydrogens (tertiary/aromatic N) is 2. The maximum absolute atomic E-state index is 14.5. The lowest BCUT2D eigenvalue weighted by molar-refractivity contribution is -0.140. The number of carbonyl (C=O) groups is 2. The first-order chi connectivity index (χ1) is 21.2. The second-order valence-corrected chi connectivity index (χ2v) is 12.8. The Morgan fingerprint density at radius 3 is 2.07 bits per heavy atom. The number of ether oxygens (including phenoxy) is 1. The van der Waals surface area contributed by atoms with Gasteiger partial charge in [-0.1, -0.05) is 88.7 Å². The van der Waals surface area contributed by atoms with Crippen LogP contribution in [0.2, 0.25) is 0 Å². The minimum Gasteiger partial charge on any atom is -0.492 e. The van der Waals surface area contributed by atoms with Gasteiger partial charge >= 0.3 is 0 Å². The van der Waals surface area contributed by atoms with Crippen molar-refractivity contribution in [3.8, 4) is 5.75 Å². The van der Waals surface area contributed by atoms with Gasteiger partial charge in [0.15, 0.2) is 0 Å². The van der Waals surface area contributed by atoms with Crippen molar-refractivity contribution >= 4 is 43.5 Å². The quantitative estimate of drug-likeness (QED) is 0.182. The van der Waals surface area contributed by atoms with Gasteiger partial charge in [-0.05, 0) is 61.4 Å². The Labute approximate surface area is 267 Å². The van der Waals surface area contributed by atoms with E-state index in [1.807, 2.05) is 61.5 Å². The van der Waals surface area contributed by atoms with Gasteiger partial charge in [0.05, 0.1) is 17.2 Å². The molecule has 0 saturated carbocycles. The zero-order valence-electron chi connectivity index (χ0n) is 24.7. The highest BCUT2D eigenvalue weighted by molar-refractivity contribution is 9.10. The molecule has 0 aromatic heterocycles. The molecule has 1 atom stereocenters. The van der Waals surface area contributed by atoms with Crippen LogP contribution in [0, 0.1) is 0 Å². The van der Waals surface area contributed by atoms with Crippen LogP contribution in [0.25, 0.3) is 0 Å². The van der Waals surface area contributed by atoms with Crippen LogP contribution in [-0.2, 0) is 32.6 Å². The molecule has 44 heavy (non-hydrogen) atoms. The molecule has 230 valence electrons. The van der Waals surface area contributed by atoms with Crippen LogP contribution in [0.15, 0.2) is 119 Å². The summed E-state index contributed by atoms with van der Waals surface area (Å²) in [5.41, 5.74) is 1.89. The van der Waals surface area contributed by atoms with E-state index in [2.05, 4.69) is 21.2 Å². The minimum absolute atomic E-state index is 0.0307. The lowest BCUT2D eigenvalue weighted by atomic mass is 10.0. The summed E-state index contributed by atoms with van der Waals surface area (Å²) in [5.74, 6) is -0.536. The van der Waals surface area contributed by atoms with E-state index in [1.165, 1.54) is 17.0 Å². The molecule has 0 bridgehead atoms. The number of carbonyl (C=O) groups excluding carboxylic acids is 2. The lowest BCUT2D eigenvalue weighted by Crippen LogP contribution is -2.53. The first-order valence-corrected chi connectivity index (χ1v) is 16.6. The van der Waals surface area contributed by atoms with Crippen LogP contribution in [0.5, 0.6) is 5.75 Å². The molecule has 0 aliphatic rings. The summed E-state index contributed by atoms with van der Waals surface area (Å²) in [4.78, 5) is 29.6. The topological polar surface area (TPSA) is 96.0 Å². The minimum atomic E-state index is -4.22. The van der Waals surface area contributed by atoms with Gasteiger partial charge in [0, 0.05) is 24.0 Å². The fraction of sp³-hybridized carbons (Fsp3) is 0.235. The fourth-order valence-corrected chi connectivity index (χ4v) is 6.52. The number of likely N-dealkylation sites (N-methyl/N-ethyl adjacent to an activating group) is 1. The zero-order chi connectivity index (χ0) is 31.5. The standard InChI is InChI=1S/C34H36BrN3O5S/c1-3-36-34(40)31(23-26-13-7-5-8-14-26)37(24-27-19-21-28(35)22-20-27)33(39)25-38(30-17-11-12-18-32(30)43-4-2)44(41,42)29-15-9-6-10-16-29/h5-22,31H,3-4,23-25H2,1-2H3,(H,36,40). The highest BCUT2D eigenvalue weighted by atomic mass is 79.9. The van der Waals surface area contributed by atoms with Crippen molar-refractivity contribution in [1.82, 2.24) is 10.2 Å². The third kappa shape index (κ3) is 8.27. The van der Waals surface area contributed by atoms with Crippen LogP contribution in [0.1, 0.15) is 25.0 Å². The van der Waals surface area contributed by atoms with E-state index in [9.17, 15) is 18.0 Å². The molecule has 0 aliphatic carbocycles. The summed E-state index contributed by atoms with van der Waals surface area (Å²) in [7, 11) is -4.22. The predicted octanol–water partition coefficient (Wildman–Crippen LogP) is 5.82. The van der Waals surface area contributed by atoms with E-state index in [1.54, 1.807) is 49.4 Å². The molecule has 2 amide bonds. The number of hydrogen-bond donors (Lipinski definition) is 1. The molecule has 1 N–H and O–H groups in total. The number of amides is 2. The molecule has 4 rings (SSSR count). The fourth-order valence-electron chi connectivity index (χ4n) is 4.81. The summed E-state index contributed by atoms with van der Waals surface area (Å²) in [6.45, 7) is 3.84. The van der Waals surface area contributed by atoms with E-state index in [4.69, 9.17) is 4.74 Å². The molecular formula is C34H36BrN3O5S. The summed E-state index contributed by atoms with van der Waals surface area (Å²) >= 11 is 3.45. The normalized spacial score (nSPS) is 11.8. The van der Waals surface area contributed by atoms with Gasteiger partial charge in [-0.3, -0.25) is 13.9 Å². The van der Waals surface area contributed by atoms with Gasteiger partial charge in [0.1, 0.15) is 18.3 Å². The van der Waals surface area contributed by atoms with Crippen LogP contribution in [0.3, 0.4) is 0 Å². The van der Waals surface area contributed by atoms with Crippen LogP contribution in [-0.4, -0.2) is 50.9 Å². The largest absolute Gasteiger partial charge is 0.492 e. The summed E-state index contributed by atoms with van der Waals surface area (Å²) in [5, 5.41) is 2.87.